The van der Waals surface area contributed by atoms with Gasteiger partial charge in [0.1, 0.15) is 11.5 Å². The van der Waals surface area contributed by atoms with Crippen molar-refractivity contribution in [3.05, 3.63) is 89.0 Å². The van der Waals surface area contributed by atoms with Crippen LogP contribution in [0, 0.1) is 0 Å². The van der Waals surface area contributed by atoms with Crippen LogP contribution >= 0.6 is 0 Å². The summed E-state index contributed by atoms with van der Waals surface area (Å²) in [6, 6.07) is 19.4. The number of anilines is 1. The van der Waals surface area contributed by atoms with E-state index in [0.29, 0.717) is 33.9 Å². The molecule has 1 atom stereocenters. The Balaban J connectivity index is 1.63. The van der Waals surface area contributed by atoms with Crippen molar-refractivity contribution in [3.63, 3.8) is 0 Å². The van der Waals surface area contributed by atoms with Gasteiger partial charge in [-0.05, 0) is 35.9 Å². The Morgan fingerprint density at radius 3 is 2.77 bits per heavy atom. The fourth-order valence-corrected chi connectivity index (χ4v) is 4.16. The molecule has 1 unspecified atom stereocenters. The largest absolute Gasteiger partial charge is 0.497 e. The predicted octanol–water partition coefficient (Wildman–Crippen LogP) is 2.88. The van der Waals surface area contributed by atoms with Crippen molar-refractivity contribution in [1.29, 1.82) is 0 Å². The smallest absolute Gasteiger partial charge is 0.262 e. The Morgan fingerprint density at radius 1 is 1.10 bits per heavy atom. The first kappa shape index (κ1) is 19.1. The maximum Gasteiger partial charge on any atom is 0.262 e. The first-order valence-corrected chi connectivity index (χ1v) is 9.84. The molecule has 7 nitrogen and oxygen atoms in total. The van der Waals surface area contributed by atoms with Crippen LogP contribution in [0.3, 0.4) is 0 Å². The summed E-state index contributed by atoms with van der Waals surface area (Å²) in [7, 11) is 1.58. The Labute approximate surface area is 178 Å². The molecule has 2 heterocycles. The Hall–Kier alpha value is -3.84. The normalized spacial score (nSPS) is 19.4. The van der Waals surface area contributed by atoms with Crippen LogP contribution in [0.15, 0.2) is 66.7 Å². The van der Waals surface area contributed by atoms with Crippen molar-refractivity contribution in [2.45, 2.75) is 12.3 Å². The van der Waals surface area contributed by atoms with E-state index in [9.17, 15) is 14.7 Å². The van der Waals surface area contributed by atoms with Crippen molar-refractivity contribution in [2.75, 3.05) is 19.0 Å². The van der Waals surface area contributed by atoms with Gasteiger partial charge in [-0.25, -0.2) is 0 Å². The molecule has 0 saturated heterocycles. The zero-order chi connectivity index (χ0) is 21.6. The number of hydrogen-bond donors (Lipinski definition) is 2. The number of aliphatic hydroxyl groups is 1. The number of methoxy groups -OCH3 is 1. The van der Waals surface area contributed by atoms with Gasteiger partial charge >= 0.3 is 0 Å². The lowest BCUT2D eigenvalue weighted by Gasteiger charge is -2.35. The molecule has 5 rings (SSSR count). The number of ether oxygens (including phenoxy) is 2. The molecule has 0 aliphatic carbocycles. The predicted molar refractivity (Wildman–Crippen MR) is 113 cm³/mol. The molecule has 2 aliphatic heterocycles. The van der Waals surface area contributed by atoms with Gasteiger partial charge in [0.15, 0.2) is 12.3 Å². The van der Waals surface area contributed by atoms with Crippen molar-refractivity contribution in [3.8, 4) is 11.5 Å². The topological polar surface area (TPSA) is 88.1 Å². The number of nitrogens with zero attached hydrogens (tertiary/aromatic N) is 1. The lowest BCUT2D eigenvalue weighted by molar-refractivity contribution is -0.118. The highest BCUT2D eigenvalue weighted by molar-refractivity contribution is 6.00. The summed E-state index contributed by atoms with van der Waals surface area (Å²) in [6.45, 7) is 0.112. The molecule has 3 aromatic rings. The molecule has 156 valence electrons. The van der Waals surface area contributed by atoms with Crippen molar-refractivity contribution < 1.29 is 24.2 Å². The van der Waals surface area contributed by atoms with Crippen molar-refractivity contribution in [2.24, 2.45) is 0 Å². The van der Waals surface area contributed by atoms with Gasteiger partial charge in [-0.3, -0.25) is 14.5 Å². The summed E-state index contributed by atoms with van der Waals surface area (Å²) in [5, 5.41) is 14.8. The highest BCUT2D eigenvalue weighted by atomic mass is 16.5. The molecule has 0 fully saturated rings. The minimum atomic E-state index is -1.71. The zero-order valence-corrected chi connectivity index (χ0v) is 16.8. The number of rotatable bonds is 4. The highest BCUT2D eigenvalue weighted by Crippen LogP contribution is 2.45. The molecule has 31 heavy (non-hydrogen) atoms. The van der Waals surface area contributed by atoms with Gasteiger partial charge < -0.3 is 19.9 Å². The molecule has 7 heteroatoms. The monoisotopic (exact) mass is 416 g/mol. The van der Waals surface area contributed by atoms with Crippen LogP contribution in [0.5, 0.6) is 11.5 Å². The number of amides is 2. The number of fused-ring (bicyclic) bond motifs is 2. The fraction of sp³-hybridized carbons (Fsp3) is 0.167. The van der Waals surface area contributed by atoms with Crippen LogP contribution in [0.25, 0.3) is 0 Å². The average molecular weight is 416 g/mol. The minimum absolute atomic E-state index is 0.0557. The number of carbonyl (C=O) groups excluding carboxylic acids is 2. The van der Waals surface area contributed by atoms with Gasteiger partial charge in [0.25, 0.3) is 11.8 Å². The second-order valence-electron chi connectivity index (χ2n) is 7.51. The molecule has 0 saturated carbocycles. The highest BCUT2D eigenvalue weighted by Gasteiger charge is 2.50. The van der Waals surface area contributed by atoms with Gasteiger partial charge in [0, 0.05) is 23.2 Å². The average Bonchev–Trinajstić information content (AvgIpc) is 3.01. The molecule has 2 amide bonds. The van der Waals surface area contributed by atoms with Crippen molar-refractivity contribution in [1.82, 2.24) is 4.90 Å². The molecule has 0 aromatic heterocycles. The first-order chi connectivity index (χ1) is 15.0. The Kier molecular flexibility index (Phi) is 4.41. The van der Waals surface area contributed by atoms with E-state index in [0.717, 1.165) is 5.56 Å². The molecular formula is C24H20N2O5. The summed E-state index contributed by atoms with van der Waals surface area (Å²) in [6.07, 6.45) is 0. The van der Waals surface area contributed by atoms with E-state index in [-0.39, 0.29) is 25.0 Å². The zero-order valence-electron chi connectivity index (χ0n) is 16.8. The molecule has 2 aliphatic rings. The number of nitrogens with one attached hydrogen (secondary N) is 1. The van der Waals surface area contributed by atoms with Crippen LogP contribution in [-0.4, -0.2) is 35.5 Å². The quantitative estimate of drug-likeness (QED) is 0.683. The van der Waals surface area contributed by atoms with E-state index < -0.39 is 5.72 Å². The van der Waals surface area contributed by atoms with Crippen molar-refractivity contribution >= 4 is 17.5 Å². The van der Waals surface area contributed by atoms with Gasteiger partial charge in [0.05, 0.1) is 12.8 Å². The van der Waals surface area contributed by atoms with Crippen LogP contribution in [0.1, 0.15) is 27.0 Å². The fourth-order valence-electron chi connectivity index (χ4n) is 4.16. The lowest BCUT2D eigenvalue weighted by atomic mass is 9.93. The summed E-state index contributed by atoms with van der Waals surface area (Å²) < 4.78 is 10.7. The molecule has 0 spiro atoms. The molecule has 0 bridgehead atoms. The summed E-state index contributed by atoms with van der Waals surface area (Å²) >= 11 is 0. The van der Waals surface area contributed by atoms with Gasteiger partial charge in [-0.2, -0.15) is 0 Å². The SMILES string of the molecule is COc1cccc(CN2C(=O)c3ccccc3C2(O)c2ccc3c(c2)NC(=O)CO3)c1. The van der Waals surface area contributed by atoms with E-state index in [4.69, 9.17) is 9.47 Å². The van der Waals surface area contributed by atoms with Gasteiger partial charge in [-0.15, -0.1) is 0 Å². The van der Waals surface area contributed by atoms with Crippen LogP contribution in [0.2, 0.25) is 0 Å². The third kappa shape index (κ3) is 3.02. The molecule has 3 aromatic carbocycles. The number of benzene rings is 3. The van der Waals surface area contributed by atoms with Gasteiger partial charge in [0.2, 0.25) is 0 Å². The van der Waals surface area contributed by atoms with Crippen LogP contribution in [0.4, 0.5) is 5.69 Å². The van der Waals surface area contributed by atoms with Crippen LogP contribution < -0.4 is 14.8 Å². The molecular weight excluding hydrogens is 396 g/mol. The summed E-state index contributed by atoms with van der Waals surface area (Å²) in [5.74, 6) is 0.634. The third-order valence-corrected chi connectivity index (χ3v) is 5.66. The van der Waals surface area contributed by atoms with E-state index in [1.165, 1.54) is 4.90 Å². The Morgan fingerprint density at radius 2 is 1.94 bits per heavy atom. The number of hydrogen-bond acceptors (Lipinski definition) is 5. The molecule has 2 N–H and O–H groups in total. The molecule has 0 radical (unpaired) electrons. The minimum Gasteiger partial charge on any atom is -0.497 e. The first-order valence-electron chi connectivity index (χ1n) is 9.84. The van der Waals surface area contributed by atoms with E-state index >= 15 is 0 Å². The Bertz CT molecular complexity index is 1210. The number of carbonyl (C=O) groups is 2. The lowest BCUT2D eigenvalue weighted by Crippen LogP contribution is -2.44. The standard InChI is InChI=1S/C24H20N2O5/c1-30-17-6-4-5-15(11-17)13-26-23(28)18-7-2-3-8-19(18)24(26,29)16-9-10-21-20(12-16)25-22(27)14-31-21/h2-12,29H,13-14H2,1H3,(H,25,27). The second kappa shape index (κ2) is 7.14. The van der Waals surface area contributed by atoms with E-state index in [2.05, 4.69) is 5.32 Å². The summed E-state index contributed by atoms with van der Waals surface area (Å²) in [5.41, 5.74) is 0.942. The third-order valence-electron chi connectivity index (χ3n) is 5.66. The second-order valence-corrected chi connectivity index (χ2v) is 7.51. The van der Waals surface area contributed by atoms with E-state index in [1.807, 2.05) is 24.3 Å². The van der Waals surface area contributed by atoms with Gasteiger partial charge in [-0.1, -0.05) is 36.4 Å². The maximum atomic E-state index is 13.3. The van der Waals surface area contributed by atoms with Crippen LogP contribution in [-0.2, 0) is 17.1 Å². The maximum absolute atomic E-state index is 13.3. The summed E-state index contributed by atoms with van der Waals surface area (Å²) in [4.78, 5) is 26.5. The van der Waals surface area contributed by atoms with E-state index in [1.54, 1.807) is 49.6 Å².